The molecule has 2 aromatic rings. The number of esters is 1. The van der Waals surface area contributed by atoms with E-state index >= 15 is 0 Å². The highest BCUT2D eigenvalue weighted by molar-refractivity contribution is 7.89. The molecule has 0 saturated carbocycles. The van der Waals surface area contributed by atoms with E-state index in [1.54, 1.807) is 12.1 Å². The number of rotatable bonds is 7. The number of furan rings is 1. The summed E-state index contributed by atoms with van der Waals surface area (Å²) in [6.07, 6.45) is 3.15. The van der Waals surface area contributed by atoms with Crippen molar-refractivity contribution in [2.45, 2.75) is 24.3 Å². The summed E-state index contributed by atoms with van der Waals surface area (Å²) in [4.78, 5) is 23.9. The second-order valence-corrected chi connectivity index (χ2v) is 8.01. The van der Waals surface area contributed by atoms with Crippen molar-refractivity contribution < 1.29 is 27.2 Å². The molecule has 0 spiro atoms. The minimum Gasteiger partial charge on any atom is -0.467 e. The average molecular weight is 392 g/mol. The van der Waals surface area contributed by atoms with Crippen molar-refractivity contribution in [1.29, 1.82) is 0 Å². The van der Waals surface area contributed by atoms with E-state index in [1.165, 1.54) is 34.8 Å². The quantitative estimate of drug-likeness (QED) is 0.717. The van der Waals surface area contributed by atoms with E-state index < -0.39 is 28.5 Å². The van der Waals surface area contributed by atoms with Gasteiger partial charge in [0.1, 0.15) is 5.76 Å². The topological polar surface area (TPSA) is 106 Å². The zero-order chi connectivity index (χ0) is 19.3. The number of benzene rings is 1. The molecule has 0 bridgehead atoms. The van der Waals surface area contributed by atoms with Gasteiger partial charge in [-0.25, -0.2) is 13.2 Å². The van der Waals surface area contributed by atoms with Crippen LogP contribution in [0.4, 0.5) is 0 Å². The standard InChI is InChI=1S/C18H20N2O6S/c21-17(19-12-15-6-4-10-25-15)13-26-18(22)14-5-3-7-16(11-14)27(23,24)20-8-1-2-9-20/h3-7,10-11H,1-2,8-9,12-13H2,(H,19,21). The third-order valence-corrected chi connectivity index (χ3v) is 6.04. The number of carbonyl (C=O) groups excluding carboxylic acids is 2. The number of hydrogen-bond donors (Lipinski definition) is 1. The van der Waals surface area contributed by atoms with E-state index in [4.69, 9.17) is 9.15 Å². The molecule has 1 saturated heterocycles. The summed E-state index contributed by atoms with van der Waals surface area (Å²) in [5.41, 5.74) is 0.0779. The largest absolute Gasteiger partial charge is 0.467 e. The molecule has 9 heteroatoms. The Bertz CT molecular complexity index is 902. The number of amides is 1. The lowest BCUT2D eigenvalue weighted by Gasteiger charge is -2.15. The molecule has 1 fully saturated rings. The van der Waals surface area contributed by atoms with Crippen LogP contribution in [0.15, 0.2) is 52.0 Å². The molecule has 2 heterocycles. The summed E-state index contributed by atoms with van der Waals surface area (Å²) in [5, 5.41) is 2.55. The van der Waals surface area contributed by atoms with Gasteiger partial charge in [0.15, 0.2) is 6.61 Å². The SMILES string of the molecule is O=C(COC(=O)c1cccc(S(=O)(=O)N2CCCC2)c1)NCc1ccco1. The summed E-state index contributed by atoms with van der Waals surface area (Å²) < 4.78 is 36.6. The third-order valence-electron chi connectivity index (χ3n) is 4.15. The number of nitrogens with zero attached hydrogens (tertiary/aromatic N) is 1. The Morgan fingerprint density at radius 1 is 1.15 bits per heavy atom. The van der Waals surface area contributed by atoms with E-state index in [0.29, 0.717) is 18.8 Å². The Kier molecular flexibility index (Phi) is 5.92. The molecule has 1 N–H and O–H groups in total. The first-order chi connectivity index (χ1) is 13.0. The lowest BCUT2D eigenvalue weighted by molar-refractivity contribution is -0.124. The van der Waals surface area contributed by atoms with Crippen molar-refractivity contribution in [2.24, 2.45) is 0 Å². The monoisotopic (exact) mass is 392 g/mol. The van der Waals surface area contributed by atoms with Crippen LogP contribution in [0.5, 0.6) is 0 Å². The van der Waals surface area contributed by atoms with E-state index in [-0.39, 0.29) is 17.0 Å². The fraction of sp³-hybridized carbons (Fsp3) is 0.333. The van der Waals surface area contributed by atoms with Gasteiger partial charge >= 0.3 is 5.97 Å². The van der Waals surface area contributed by atoms with Crippen LogP contribution in [-0.2, 0) is 26.1 Å². The average Bonchev–Trinajstić information content (AvgIpc) is 3.38. The van der Waals surface area contributed by atoms with E-state index in [2.05, 4.69) is 5.32 Å². The number of nitrogens with one attached hydrogen (secondary N) is 1. The zero-order valence-corrected chi connectivity index (χ0v) is 15.4. The fourth-order valence-corrected chi connectivity index (χ4v) is 4.29. The maximum Gasteiger partial charge on any atom is 0.338 e. The van der Waals surface area contributed by atoms with Crippen molar-refractivity contribution in [3.05, 3.63) is 54.0 Å². The van der Waals surface area contributed by atoms with Gasteiger partial charge in [-0.2, -0.15) is 4.31 Å². The smallest absolute Gasteiger partial charge is 0.338 e. The molecule has 1 aromatic heterocycles. The number of carbonyl (C=O) groups is 2. The number of sulfonamides is 1. The van der Waals surface area contributed by atoms with E-state index in [1.807, 2.05) is 0 Å². The predicted octanol–water partition coefficient (Wildman–Crippen LogP) is 1.54. The molecule has 1 amide bonds. The van der Waals surface area contributed by atoms with Crippen LogP contribution in [0, 0.1) is 0 Å². The van der Waals surface area contributed by atoms with Crippen molar-refractivity contribution in [1.82, 2.24) is 9.62 Å². The first-order valence-corrected chi connectivity index (χ1v) is 9.97. The van der Waals surface area contributed by atoms with Gasteiger partial charge in [0.05, 0.1) is 23.3 Å². The molecule has 144 valence electrons. The van der Waals surface area contributed by atoms with Crippen molar-refractivity contribution in [3.8, 4) is 0 Å². The molecule has 3 rings (SSSR count). The van der Waals surface area contributed by atoms with Crippen LogP contribution in [0.3, 0.4) is 0 Å². The summed E-state index contributed by atoms with van der Waals surface area (Å²) in [6.45, 7) is 0.676. The fourth-order valence-electron chi connectivity index (χ4n) is 2.73. The van der Waals surface area contributed by atoms with Crippen molar-refractivity contribution >= 4 is 21.9 Å². The highest BCUT2D eigenvalue weighted by atomic mass is 32.2. The van der Waals surface area contributed by atoms with Gasteiger partial charge in [-0.15, -0.1) is 0 Å². The summed E-state index contributed by atoms with van der Waals surface area (Å²) in [6, 6.07) is 9.06. The second kappa shape index (κ2) is 8.36. The van der Waals surface area contributed by atoms with Gasteiger partial charge in [-0.3, -0.25) is 4.79 Å². The molecular weight excluding hydrogens is 372 g/mol. The van der Waals surface area contributed by atoms with Gasteiger partial charge in [-0.05, 0) is 43.2 Å². The predicted molar refractivity (Wildman–Crippen MR) is 95.3 cm³/mol. The Morgan fingerprint density at radius 3 is 2.63 bits per heavy atom. The molecule has 1 aliphatic rings. The van der Waals surface area contributed by atoms with Crippen molar-refractivity contribution in [3.63, 3.8) is 0 Å². The van der Waals surface area contributed by atoms with Gasteiger partial charge < -0.3 is 14.5 Å². The normalized spacial score (nSPS) is 14.8. The lowest BCUT2D eigenvalue weighted by atomic mass is 10.2. The Labute approximate surface area is 157 Å². The highest BCUT2D eigenvalue weighted by Gasteiger charge is 2.27. The maximum absolute atomic E-state index is 12.6. The third kappa shape index (κ3) is 4.75. The highest BCUT2D eigenvalue weighted by Crippen LogP contribution is 2.21. The zero-order valence-electron chi connectivity index (χ0n) is 14.6. The molecule has 0 unspecified atom stereocenters. The van der Waals surface area contributed by atoms with Crippen LogP contribution in [0.25, 0.3) is 0 Å². The van der Waals surface area contributed by atoms with Crippen LogP contribution in [0.1, 0.15) is 29.0 Å². The molecule has 1 aromatic carbocycles. The van der Waals surface area contributed by atoms with Crippen LogP contribution in [0.2, 0.25) is 0 Å². The first kappa shape index (κ1) is 19.1. The van der Waals surface area contributed by atoms with Crippen molar-refractivity contribution in [2.75, 3.05) is 19.7 Å². The summed E-state index contributed by atoms with van der Waals surface area (Å²) in [7, 11) is -3.62. The minimum atomic E-state index is -3.62. The number of ether oxygens (including phenoxy) is 1. The Morgan fingerprint density at radius 2 is 1.93 bits per heavy atom. The Balaban J connectivity index is 1.57. The van der Waals surface area contributed by atoms with Gasteiger partial charge in [0, 0.05) is 13.1 Å². The second-order valence-electron chi connectivity index (χ2n) is 6.07. The van der Waals surface area contributed by atoms with Gasteiger partial charge in [0.2, 0.25) is 10.0 Å². The molecule has 0 atom stereocenters. The molecule has 27 heavy (non-hydrogen) atoms. The van der Waals surface area contributed by atoms with Crippen LogP contribution < -0.4 is 5.32 Å². The van der Waals surface area contributed by atoms with E-state index in [9.17, 15) is 18.0 Å². The summed E-state index contributed by atoms with van der Waals surface area (Å²) in [5.74, 6) is -0.670. The molecule has 1 aliphatic heterocycles. The van der Waals surface area contributed by atoms with Crippen LogP contribution in [-0.4, -0.2) is 44.3 Å². The molecule has 0 radical (unpaired) electrons. The van der Waals surface area contributed by atoms with Gasteiger partial charge in [-0.1, -0.05) is 6.07 Å². The molecule has 0 aliphatic carbocycles. The lowest BCUT2D eigenvalue weighted by Crippen LogP contribution is -2.29. The van der Waals surface area contributed by atoms with Crippen LogP contribution >= 0.6 is 0 Å². The number of hydrogen-bond acceptors (Lipinski definition) is 6. The minimum absolute atomic E-state index is 0.0427. The van der Waals surface area contributed by atoms with Gasteiger partial charge in [0.25, 0.3) is 5.91 Å². The molecular formula is C18H20N2O6S. The first-order valence-electron chi connectivity index (χ1n) is 8.53. The maximum atomic E-state index is 12.6. The van der Waals surface area contributed by atoms with E-state index in [0.717, 1.165) is 12.8 Å². The summed E-state index contributed by atoms with van der Waals surface area (Å²) >= 11 is 0. The molecule has 8 nitrogen and oxygen atoms in total. The Hall–Kier alpha value is -2.65.